The van der Waals surface area contributed by atoms with Crippen LogP contribution in [0, 0.1) is 0 Å². The van der Waals surface area contributed by atoms with E-state index in [4.69, 9.17) is 0 Å². The number of halogens is 3. The molecule has 0 atom stereocenters. The van der Waals surface area contributed by atoms with E-state index in [1.54, 1.807) is 0 Å². The minimum absolute atomic E-state index is 0.605. The first-order chi connectivity index (χ1) is 5.82. The Morgan fingerprint density at radius 1 is 1.31 bits per heavy atom. The summed E-state index contributed by atoms with van der Waals surface area (Å²) in [5.74, 6) is -1.16. The third kappa shape index (κ3) is 1.79. The van der Waals surface area contributed by atoms with Crippen LogP contribution in [-0.2, 0) is 4.79 Å². The maximum Gasteiger partial charge on any atom is 0.431 e. The number of rotatable bonds is 0. The lowest BCUT2D eigenvalue weighted by Gasteiger charge is -2.18. The van der Waals surface area contributed by atoms with Gasteiger partial charge in [-0.25, -0.2) is 4.79 Å². The standard InChI is InChI=1S/C6H4F3N2O2/c1-2-3(6(7,8)9)10-5(13)11-4(2)12/h1H3,(H,10,13). The fraction of sp³-hybridized carbons (Fsp3) is 0.333. The van der Waals surface area contributed by atoms with E-state index in [0.29, 0.717) is 0 Å². The molecular formula is C6H4F3N2O2. The van der Waals surface area contributed by atoms with Crippen LogP contribution in [0.5, 0.6) is 0 Å². The van der Waals surface area contributed by atoms with Crippen molar-refractivity contribution in [2.24, 2.45) is 0 Å². The lowest BCUT2D eigenvalue weighted by atomic mass is 10.2. The first kappa shape index (κ1) is 9.56. The predicted octanol–water partition coefficient (Wildman–Crippen LogP) is 0.677. The Morgan fingerprint density at radius 2 is 1.85 bits per heavy atom. The van der Waals surface area contributed by atoms with E-state index in [-0.39, 0.29) is 0 Å². The molecule has 3 amide bonds. The number of carbonyl (C=O) groups excluding carboxylic acids is 2. The fourth-order valence-corrected chi connectivity index (χ4v) is 0.795. The van der Waals surface area contributed by atoms with Crippen LogP contribution in [0.15, 0.2) is 11.3 Å². The largest absolute Gasteiger partial charge is 0.431 e. The van der Waals surface area contributed by atoms with Gasteiger partial charge in [-0.1, -0.05) is 0 Å². The Labute approximate surface area is 70.8 Å². The van der Waals surface area contributed by atoms with E-state index in [2.05, 4.69) is 5.32 Å². The van der Waals surface area contributed by atoms with Crippen LogP contribution in [0.4, 0.5) is 18.0 Å². The summed E-state index contributed by atoms with van der Waals surface area (Å²) in [6.07, 6.45) is -4.73. The summed E-state index contributed by atoms with van der Waals surface area (Å²) >= 11 is 0. The van der Waals surface area contributed by atoms with Crippen molar-refractivity contribution >= 4 is 11.9 Å². The summed E-state index contributed by atoms with van der Waals surface area (Å²) in [5.41, 5.74) is -1.94. The quantitative estimate of drug-likeness (QED) is 0.614. The number of alkyl halides is 3. The smallest absolute Gasteiger partial charge is 0.301 e. The summed E-state index contributed by atoms with van der Waals surface area (Å²) in [6.45, 7) is 0.952. The molecule has 1 aliphatic heterocycles. The number of carbonyl (C=O) groups is 2. The number of nitrogens with zero attached hydrogens (tertiary/aromatic N) is 1. The Hall–Kier alpha value is -1.53. The van der Waals surface area contributed by atoms with Gasteiger partial charge in [-0.15, -0.1) is 0 Å². The van der Waals surface area contributed by atoms with Crippen molar-refractivity contribution in [1.82, 2.24) is 10.6 Å². The number of urea groups is 1. The van der Waals surface area contributed by atoms with E-state index in [1.165, 1.54) is 5.32 Å². The lowest BCUT2D eigenvalue weighted by molar-refractivity contribution is -0.120. The van der Waals surface area contributed by atoms with Gasteiger partial charge in [0.05, 0.1) is 0 Å². The molecule has 1 aliphatic rings. The van der Waals surface area contributed by atoms with Gasteiger partial charge in [0, 0.05) is 5.57 Å². The molecule has 13 heavy (non-hydrogen) atoms. The number of nitrogens with one attached hydrogen (secondary N) is 1. The summed E-state index contributed by atoms with van der Waals surface area (Å²) in [6, 6.07) is -1.29. The maximum absolute atomic E-state index is 12.1. The molecule has 0 aromatic rings. The van der Waals surface area contributed by atoms with E-state index >= 15 is 0 Å². The average molecular weight is 193 g/mol. The first-order valence-electron chi connectivity index (χ1n) is 3.17. The molecule has 1 heterocycles. The summed E-state index contributed by atoms with van der Waals surface area (Å²) in [4.78, 5) is 21.1. The molecule has 0 saturated carbocycles. The first-order valence-corrected chi connectivity index (χ1v) is 3.17. The Balaban J connectivity index is 3.12. The van der Waals surface area contributed by atoms with Crippen molar-refractivity contribution in [3.05, 3.63) is 11.3 Å². The normalized spacial score (nSPS) is 18.5. The highest BCUT2D eigenvalue weighted by Gasteiger charge is 2.41. The van der Waals surface area contributed by atoms with Crippen molar-refractivity contribution in [2.75, 3.05) is 0 Å². The highest BCUT2D eigenvalue weighted by atomic mass is 19.4. The van der Waals surface area contributed by atoms with Crippen molar-refractivity contribution in [1.29, 1.82) is 0 Å². The number of hydrogen-bond acceptors (Lipinski definition) is 2. The van der Waals surface area contributed by atoms with E-state index in [9.17, 15) is 22.8 Å². The van der Waals surface area contributed by atoms with Crippen LogP contribution in [0.1, 0.15) is 6.92 Å². The van der Waals surface area contributed by atoms with E-state index < -0.39 is 29.4 Å². The van der Waals surface area contributed by atoms with Crippen LogP contribution in [0.2, 0.25) is 0 Å². The Morgan fingerprint density at radius 3 is 2.31 bits per heavy atom. The molecule has 1 N–H and O–H groups in total. The van der Waals surface area contributed by atoms with Crippen molar-refractivity contribution in [3.8, 4) is 0 Å². The number of allylic oxidation sites excluding steroid dienone is 1. The lowest BCUT2D eigenvalue weighted by Crippen LogP contribution is -2.44. The van der Waals surface area contributed by atoms with Crippen LogP contribution in [0.3, 0.4) is 0 Å². The molecule has 1 radical (unpaired) electrons. The van der Waals surface area contributed by atoms with Gasteiger partial charge in [0.1, 0.15) is 5.70 Å². The van der Waals surface area contributed by atoms with Crippen molar-refractivity contribution in [2.45, 2.75) is 13.1 Å². The molecule has 0 saturated heterocycles. The monoisotopic (exact) mass is 193 g/mol. The van der Waals surface area contributed by atoms with Gasteiger partial charge in [-0.2, -0.15) is 18.5 Å². The number of hydrogen-bond donors (Lipinski definition) is 1. The molecule has 0 spiro atoms. The topological polar surface area (TPSA) is 60.3 Å². The van der Waals surface area contributed by atoms with Crippen LogP contribution in [0.25, 0.3) is 0 Å². The molecule has 1 rings (SSSR count). The minimum atomic E-state index is -4.73. The van der Waals surface area contributed by atoms with Gasteiger partial charge in [0.25, 0.3) is 5.91 Å². The summed E-state index contributed by atoms with van der Waals surface area (Å²) in [5, 5.41) is 4.25. The third-order valence-corrected chi connectivity index (χ3v) is 1.41. The molecule has 71 valence electrons. The number of amides is 3. The van der Waals surface area contributed by atoms with Gasteiger partial charge < -0.3 is 5.32 Å². The Bertz CT molecular complexity index is 305. The molecule has 0 fully saturated rings. The average Bonchev–Trinajstić information content (AvgIpc) is 1.94. The zero-order valence-electron chi connectivity index (χ0n) is 6.40. The van der Waals surface area contributed by atoms with Gasteiger partial charge >= 0.3 is 12.2 Å². The second kappa shape index (κ2) is 2.75. The zero-order valence-corrected chi connectivity index (χ0v) is 6.40. The third-order valence-electron chi connectivity index (χ3n) is 1.41. The van der Waals surface area contributed by atoms with Gasteiger partial charge in [0.2, 0.25) is 0 Å². The maximum atomic E-state index is 12.1. The molecule has 0 unspecified atom stereocenters. The minimum Gasteiger partial charge on any atom is -0.301 e. The van der Waals surface area contributed by atoms with Crippen molar-refractivity contribution < 1.29 is 22.8 Å². The molecule has 0 aliphatic carbocycles. The second-order valence-electron chi connectivity index (χ2n) is 2.34. The van der Waals surface area contributed by atoms with Gasteiger partial charge in [0.15, 0.2) is 0 Å². The summed E-state index contributed by atoms with van der Waals surface area (Å²) < 4.78 is 36.2. The SMILES string of the molecule is CC1=C(C(F)(F)F)NC(=O)[N]C1=O. The highest BCUT2D eigenvalue weighted by Crippen LogP contribution is 2.27. The number of imide groups is 1. The predicted molar refractivity (Wildman–Crippen MR) is 34.4 cm³/mol. The van der Waals surface area contributed by atoms with E-state index in [1.807, 2.05) is 0 Å². The molecule has 7 heteroatoms. The molecule has 4 nitrogen and oxygen atoms in total. The van der Waals surface area contributed by atoms with Crippen LogP contribution >= 0.6 is 0 Å². The molecular weight excluding hydrogens is 189 g/mol. The van der Waals surface area contributed by atoms with Gasteiger partial charge in [-0.05, 0) is 6.92 Å². The zero-order chi connectivity index (χ0) is 10.2. The van der Waals surface area contributed by atoms with Crippen LogP contribution in [-0.4, -0.2) is 18.1 Å². The second-order valence-corrected chi connectivity index (χ2v) is 2.34. The van der Waals surface area contributed by atoms with E-state index in [0.717, 1.165) is 6.92 Å². The van der Waals surface area contributed by atoms with Crippen LogP contribution < -0.4 is 10.6 Å². The van der Waals surface area contributed by atoms with Crippen molar-refractivity contribution in [3.63, 3.8) is 0 Å². The highest BCUT2D eigenvalue weighted by molar-refractivity contribution is 6.06. The fourth-order valence-electron chi connectivity index (χ4n) is 0.795. The van der Waals surface area contributed by atoms with Gasteiger partial charge in [-0.3, -0.25) is 4.79 Å². The Kier molecular flexibility index (Phi) is 2.02. The molecule has 0 bridgehead atoms. The molecule has 0 aromatic heterocycles. The summed E-state index contributed by atoms with van der Waals surface area (Å²) in [7, 11) is 0. The molecule has 0 aromatic carbocycles.